The molecule has 0 aromatic heterocycles. The molecule has 1 aromatic carbocycles. The number of amidine groups is 1. The second kappa shape index (κ2) is 5.16. The summed E-state index contributed by atoms with van der Waals surface area (Å²) in [5, 5.41) is 11.6. The molecule has 3 N–H and O–H groups in total. The zero-order valence-electron chi connectivity index (χ0n) is 10.4. The van der Waals surface area contributed by atoms with Crippen molar-refractivity contribution in [3.63, 3.8) is 0 Å². The largest absolute Gasteiger partial charge is 0.493 e. The second-order valence-electron chi connectivity index (χ2n) is 4.71. The van der Waals surface area contributed by atoms with E-state index in [1.807, 2.05) is 24.3 Å². The minimum atomic E-state index is 0.0250. The third-order valence-corrected chi connectivity index (χ3v) is 3.24. The van der Waals surface area contributed by atoms with Gasteiger partial charge >= 0.3 is 0 Å². The summed E-state index contributed by atoms with van der Waals surface area (Å²) in [4.78, 5) is 0. The van der Waals surface area contributed by atoms with E-state index in [0.29, 0.717) is 13.0 Å². The number of oxime groups is 1. The molecule has 0 heterocycles. The molecule has 18 heavy (non-hydrogen) atoms. The lowest BCUT2D eigenvalue weighted by atomic mass is 10.0. The van der Waals surface area contributed by atoms with Crippen LogP contribution in [0.15, 0.2) is 29.4 Å². The van der Waals surface area contributed by atoms with E-state index in [-0.39, 0.29) is 11.3 Å². The summed E-state index contributed by atoms with van der Waals surface area (Å²) < 4.78 is 11.0. The van der Waals surface area contributed by atoms with Crippen molar-refractivity contribution in [1.82, 2.24) is 0 Å². The standard InChI is InChI=1S/C13H18N2O3/c1-17-10-4-2-3-5-11(10)18-9-13(6-7-13)8-12(14)15-16/h2-5,16H,6-9H2,1H3,(H2,14,15). The number of nitrogens with zero attached hydrogens (tertiary/aromatic N) is 1. The predicted molar refractivity (Wildman–Crippen MR) is 68.2 cm³/mol. The van der Waals surface area contributed by atoms with Gasteiger partial charge in [-0.25, -0.2) is 0 Å². The van der Waals surface area contributed by atoms with Crippen LogP contribution in [0.25, 0.3) is 0 Å². The van der Waals surface area contributed by atoms with Gasteiger partial charge in [0.2, 0.25) is 0 Å². The highest BCUT2D eigenvalue weighted by Crippen LogP contribution is 2.49. The third kappa shape index (κ3) is 2.85. The number of para-hydroxylation sites is 2. The maximum absolute atomic E-state index is 8.60. The minimum Gasteiger partial charge on any atom is -0.493 e. The lowest BCUT2D eigenvalue weighted by molar-refractivity contribution is 0.226. The Hall–Kier alpha value is -1.91. The molecular weight excluding hydrogens is 232 g/mol. The molecule has 0 aliphatic heterocycles. The molecule has 0 saturated heterocycles. The quantitative estimate of drug-likeness (QED) is 0.350. The summed E-state index contributed by atoms with van der Waals surface area (Å²) in [6.07, 6.45) is 2.65. The molecule has 1 fully saturated rings. The predicted octanol–water partition coefficient (Wildman–Crippen LogP) is 1.99. The SMILES string of the molecule is COc1ccccc1OCC1(CC(N)=NO)CC1. The van der Waals surface area contributed by atoms with Gasteiger partial charge in [0.25, 0.3) is 0 Å². The molecule has 1 aliphatic rings. The molecular formula is C13H18N2O3. The van der Waals surface area contributed by atoms with E-state index < -0.39 is 0 Å². The van der Waals surface area contributed by atoms with Crippen molar-refractivity contribution in [2.45, 2.75) is 19.3 Å². The monoisotopic (exact) mass is 250 g/mol. The van der Waals surface area contributed by atoms with Gasteiger partial charge in [0.1, 0.15) is 5.84 Å². The van der Waals surface area contributed by atoms with Crippen LogP contribution < -0.4 is 15.2 Å². The lowest BCUT2D eigenvalue weighted by Gasteiger charge is -2.16. The topological polar surface area (TPSA) is 77.1 Å². The smallest absolute Gasteiger partial charge is 0.161 e. The molecule has 0 amide bonds. The van der Waals surface area contributed by atoms with Gasteiger partial charge in [-0.3, -0.25) is 0 Å². The van der Waals surface area contributed by atoms with E-state index in [4.69, 9.17) is 20.4 Å². The second-order valence-corrected chi connectivity index (χ2v) is 4.71. The van der Waals surface area contributed by atoms with E-state index in [1.165, 1.54) is 0 Å². The van der Waals surface area contributed by atoms with Gasteiger partial charge in [-0.15, -0.1) is 0 Å². The molecule has 0 spiro atoms. The third-order valence-electron chi connectivity index (χ3n) is 3.24. The maximum Gasteiger partial charge on any atom is 0.161 e. The highest BCUT2D eigenvalue weighted by atomic mass is 16.5. The van der Waals surface area contributed by atoms with Crippen molar-refractivity contribution in [3.05, 3.63) is 24.3 Å². The van der Waals surface area contributed by atoms with Crippen LogP contribution in [0.3, 0.4) is 0 Å². The van der Waals surface area contributed by atoms with Gasteiger partial charge in [0.05, 0.1) is 13.7 Å². The number of methoxy groups -OCH3 is 1. The van der Waals surface area contributed by atoms with Crippen molar-refractivity contribution in [2.24, 2.45) is 16.3 Å². The highest BCUT2D eigenvalue weighted by molar-refractivity contribution is 5.80. The highest BCUT2D eigenvalue weighted by Gasteiger charge is 2.44. The van der Waals surface area contributed by atoms with Crippen molar-refractivity contribution in [3.8, 4) is 11.5 Å². The Morgan fingerprint density at radius 2 is 2.06 bits per heavy atom. The van der Waals surface area contributed by atoms with Crippen molar-refractivity contribution < 1.29 is 14.7 Å². The Morgan fingerprint density at radius 1 is 1.39 bits per heavy atom. The van der Waals surface area contributed by atoms with Crippen molar-refractivity contribution in [2.75, 3.05) is 13.7 Å². The first-order valence-electron chi connectivity index (χ1n) is 5.91. The first kappa shape index (κ1) is 12.5. The normalized spacial score (nSPS) is 17.3. The zero-order chi connectivity index (χ0) is 13.0. The van der Waals surface area contributed by atoms with Gasteiger partial charge < -0.3 is 20.4 Å². The summed E-state index contributed by atoms with van der Waals surface area (Å²) in [5.74, 6) is 1.71. The average Bonchev–Trinajstić information content (AvgIpc) is 3.16. The molecule has 98 valence electrons. The number of ether oxygens (including phenoxy) is 2. The Morgan fingerprint density at radius 3 is 2.61 bits per heavy atom. The van der Waals surface area contributed by atoms with E-state index in [9.17, 15) is 0 Å². The molecule has 5 nitrogen and oxygen atoms in total. The van der Waals surface area contributed by atoms with Gasteiger partial charge in [-0.2, -0.15) is 0 Å². The van der Waals surface area contributed by atoms with Crippen LogP contribution in [0, 0.1) is 5.41 Å². The van der Waals surface area contributed by atoms with Crippen LogP contribution in [0.2, 0.25) is 0 Å². The van der Waals surface area contributed by atoms with Crippen molar-refractivity contribution in [1.29, 1.82) is 0 Å². The van der Waals surface area contributed by atoms with Gasteiger partial charge in [0.15, 0.2) is 11.5 Å². The van der Waals surface area contributed by atoms with Crippen LogP contribution in [-0.4, -0.2) is 24.8 Å². The van der Waals surface area contributed by atoms with E-state index >= 15 is 0 Å². The van der Waals surface area contributed by atoms with Crippen molar-refractivity contribution >= 4 is 5.84 Å². The number of rotatable bonds is 6. The Bertz CT molecular complexity index is 442. The molecule has 1 saturated carbocycles. The molecule has 0 unspecified atom stereocenters. The average molecular weight is 250 g/mol. The molecule has 0 radical (unpaired) electrons. The van der Waals surface area contributed by atoms with Crippen LogP contribution in [-0.2, 0) is 0 Å². The van der Waals surface area contributed by atoms with Crippen LogP contribution in [0.1, 0.15) is 19.3 Å². The van der Waals surface area contributed by atoms with Crippen LogP contribution >= 0.6 is 0 Å². The van der Waals surface area contributed by atoms with E-state index in [1.54, 1.807) is 7.11 Å². The molecule has 0 atom stereocenters. The number of hydrogen-bond donors (Lipinski definition) is 2. The Labute approximate surface area is 106 Å². The first-order chi connectivity index (χ1) is 8.69. The molecule has 1 aromatic rings. The molecule has 5 heteroatoms. The number of benzene rings is 1. The summed E-state index contributed by atoms with van der Waals surface area (Å²) in [6, 6.07) is 7.53. The number of hydrogen-bond acceptors (Lipinski definition) is 4. The minimum absolute atomic E-state index is 0.0250. The molecule has 2 rings (SSSR count). The summed E-state index contributed by atoms with van der Waals surface area (Å²) >= 11 is 0. The lowest BCUT2D eigenvalue weighted by Crippen LogP contribution is -2.22. The van der Waals surface area contributed by atoms with Crippen LogP contribution in [0.4, 0.5) is 0 Å². The molecule has 1 aliphatic carbocycles. The Kier molecular flexibility index (Phi) is 3.60. The van der Waals surface area contributed by atoms with Gasteiger partial charge in [-0.1, -0.05) is 17.3 Å². The fraction of sp³-hybridized carbons (Fsp3) is 0.462. The fourth-order valence-electron chi connectivity index (χ4n) is 1.94. The van der Waals surface area contributed by atoms with Crippen LogP contribution in [0.5, 0.6) is 11.5 Å². The van der Waals surface area contributed by atoms with Gasteiger partial charge in [-0.05, 0) is 25.0 Å². The summed E-state index contributed by atoms with van der Waals surface area (Å²) in [6.45, 7) is 0.559. The first-order valence-corrected chi connectivity index (χ1v) is 5.91. The Balaban J connectivity index is 1.95. The summed E-state index contributed by atoms with van der Waals surface area (Å²) in [5.41, 5.74) is 5.57. The number of nitrogens with two attached hydrogens (primary N) is 1. The maximum atomic E-state index is 8.60. The fourth-order valence-corrected chi connectivity index (χ4v) is 1.94. The van der Waals surface area contributed by atoms with E-state index in [2.05, 4.69) is 5.16 Å². The molecule has 0 bridgehead atoms. The summed E-state index contributed by atoms with van der Waals surface area (Å²) in [7, 11) is 1.62. The zero-order valence-corrected chi connectivity index (χ0v) is 10.4. The van der Waals surface area contributed by atoms with Gasteiger partial charge in [0, 0.05) is 11.8 Å². The van der Waals surface area contributed by atoms with E-state index in [0.717, 1.165) is 24.3 Å².